The lowest BCUT2D eigenvalue weighted by Gasteiger charge is -2.44. The van der Waals surface area contributed by atoms with E-state index < -0.39 is 0 Å². The Morgan fingerprint density at radius 3 is 2.75 bits per heavy atom. The van der Waals surface area contributed by atoms with Crippen LogP contribution >= 0.6 is 0 Å². The Kier molecular flexibility index (Phi) is 2.78. The van der Waals surface area contributed by atoms with Crippen molar-refractivity contribution in [2.24, 2.45) is 0 Å². The summed E-state index contributed by atoms with van der Waals surface area (Å²) in [6, 6.07) is 5.89. The highest BCUT2D eigenvalue weighted by Crippen LogP contribution is 2.34. The summed E-state index contributed by atoms with van der Waals surface area (Å²) in [6.45, 7) is 6.95. The first-order valence-corrected chi connectivity index (χ1v) is 6.76. The molecule has 2 aromatic rings. The van der Waals surface area contributed by atoms with Gasteiger partial charge in [-0.3, -0.25) is 9.89 Å². The number of benzene rings is 1. The number of carbonyl (C=O) groups excluding carboxylic acids is 1. The maximum atomic E-state index is 12.2. The van der Waals surface area contributed by atoms with Crippen LogP contribution < -0.4 is 10.2 Å². The number of hydrogen-bond donors (Lipinski definition) is 2. The van der Waals surface area contributed by atoms with Gasteiger partial charge in [-0.15, -0.1) is 0 Å². The van der Waals surface area contributed by atoms with Gasteiger partial charge < -0.3 is 10.2 Å². The molecule has 5 nitrogen and oxygen atoms in total. The van der Waals surface area contributed by atoms with Crippen LogP contribution in [0.5, 0.6) is 0 Å². The molecule has 3 rings (SSSR count). The molecular weight excluding hydrogens is 252 g/mol. The number of fused-ring (bicyclic) bond motifs is 1. The monoisotopic (exact) mass is 270 g/mol. The summed E-state index contributed by atoms with van der Waals surface area (Å²) in [6.07, 6.45) is 3.64. The van der Waals surface area contributed by atoms with Crippen LogP contribution in [0.25, 0.3) is 11.1 Å². The second-order valence-electron chi connectivity index (χ2n) is 5.48. The van der Waals surface area contributed by atoms with Gasteiger partial charge in [0.1, 0.15) is 5.66 Å². The van der Waals surface area contributed by atoms with Crippen LogP contribution in [-0.2, 0) is 0 Å². The third kappa shape index (κ3) is 1.86. The summed E-state index contributed by atoms with van der Waals surface area (Å²) in [5, 5.41) is 9.83. The molecule has 1 amide bonds. The number of aromatic amines is 1. The summed E-state index contributed by atoms with van der Waals surface area (Å²) in [4.78, 5) is 14.4. The first-order chi connectivity index (χ1) is 9.53. The van der Waals surface area contributed by atoms with Crippen LogP contribution in [0.4, 0.5) is 5.69 Å². The Morgan fingerprint density at radius 2 is 2.10 bits per heavy atom. The molecule has 104 valence electrons. The second-order valence-corrected chi connectivity index (χ2v) is 5.48. The Hall–Kier alpha value is -2.30. The maximum Gasteiger partial charge on any atom is 0.255 e. The van der Waals surface area contributed by atoms with Crippen molar-refractivity contribution in [1.82, 2.24) is 15.5 Å². The highest BCUT2D eigenvalue weighted by Gasteiger charge is 2.35. The quantitative estimate of drug-likeness (QED) is 0.880. The minimum Gasteiger partial charge on any atom is -0.349 e. The van der Waals surface area contributed by atoms with Gasteiger partial charge in [0.15, 0.2) is 0 Å². The van der Waals surface area contributed by atoms with Crippen molar-refractivity contribution >= 4 is 11.6 Å². The van der Waals surface area contributed by atoms with E-state index in [4.69, 9.17) is 0 Å². The van der Waals surface area contributed by atoms with E-state index >= 15 is 0 Å². The van der Waals surface area contributed by atoms with Gasteiger partial charge in [-0.1, -0.05) is 6.07 Å². The zero-order chi connectivity index (χ0) is 14.3. The normalized spacial score (nSPS) is 16.8. The predicted octanol–water partition coefficient (Wildman–Crippen LogP) is 2.38. The number of anilines is 1. The van der Waals surface area contributed by atoms with E-state index in [1.807, 2.05) is 32.2 Å². The Morgan fingerprint density at radius 1 is 1.30 bits per heavy atom. The number of aromatic nitrogens is 2. The molecule has 5 heteroatoms. The molecule has 0 saturated carbocycles. The van der Waals surface area contributed by atoms with E-state index in [0.29, 0.717) is 0 Å². The molecule has 0 saturated heterocycles. The van der Waals surface area contributed by atoms with E-state index in [1.54, 1.807) is 6.20 Å². The highest BCUT2D eigenvalue weighted by atomic mass is 16.2. The number of H-pyrrole nitrogens is 1. The molecule has 0 atom stereocenters. The van der Waals surface area contributed by atoms with Gasteiger partial charge in [0.25, 0.3) is 5.91 Å². The summed E-state index contributed by atoms with van der Waals surface area (Å²) < 4.78 is 0. The molecule has 0 unspecified atom stereocenters. The summed E-state index contributed by atoms with van der Waals surface area (Å²) in [5.41, 5.74) is 3.39. The predicted molar refractivity (Wildman–Crippen MR) is 78.6 cm³/mol. The first-order valence-electron chi connectivity index (χ1n) is 6.76. The minimum atomic E-state index is -0.381. The van der Waals surface area contributed by atoms with E-state index in [-0.39, 0.29) is 11.6 Å². The number of hydrogen-bond acceptors (Lipinski definition) is 3. The molecule has 1 aromatic carbocycles. The van der Waals surface area contributed by atoms with Gasteiger partial charge >= 0.3 is 0 Å². The highest BCUT2D eigenvalue weighted by molar-refractivity contribution is 6.03. The van der Waals surface area contributed by atoms with Crippen molar-refractivity contribution in [3.63, 3.8) is 0 Å². The largest absolute Gasteiger partial charge is 0.349 e. The van der Waals surface area contributed by atoms with Crippen LogP contribution in [0.15, 0.2) is 30.6 Å². The fourth-order valence-electron chi connectivity index (χ4n) is 2.81. The SMILES string of the molecule is CCN1c2cc(-c3cn[nH]c3)ccc2C(=O)NC1(C)C. The van der Waals surface area contributed by atoms with Gasteiger partial charge in [-0.05, 0) is 38.5 Å². The average molecular weight is 270 g/mol. The van der Waals surface area contributed by atoms with Crippen LogP contribution in [0, 0.1) is 0 Å². The number of rotatable bonds is 2. The summed E-state index contributed by atoms with van der Waals surface area (Å²) in [5.74, 6) is -0.0200. The summed E-state index contributed by atoms with van der Waals surface area (Å²) in [7, 11) is 0. The molecule has 2 N–H and O–H groups in total. The molecule has 1 aromatic heterocycles. The molecule has 0 radical (unpaired) electrons. The van der Waals surface area contributed by atoms with Gasteiger partial charge in [0, 0.05) is 18.3 Å². The van der Waals surface area contributed by atoms with Crippen molar-refractivity contribution in [1.29, 1.82) is 0 Å². The van der Waals surface area contributed by atoms with Crippen molar-refractivity contribution in [2.75, 3.05) is 11.4 Å². The molecule has 0 spiro atoms. The molecule has 0 bridgehead atoms. The van der Waals surface area contributed by atoms with Gasteiger partial charge in [0.2, 0.25) is 0 Å². The number of amides is 1. The molecule has 1 aliphatic rings. The van der Waals surface area contributed by atoms with E-state index in [9.17, 15) is 4.79 Å². The van der Waals surface area contributed by atoms with E-state index in [1.165, 1.54) is 0 Å². The van der Waals surface area contributed by atoms with Crippen molar-refractivity contribution in [3.05, 3.63) is 36.2 Å². The molecule has 20 heavy (non-hydrogen) atoms. The minimum absolute atomic E-state index is 0.0200. The Labute approximate surface area is 118 Å². The molecule has 0 aliphatic carbocycles. The Bertz CT molecular complexity index is 646. The van der Waals surface area contributed by atoms with Crippen molar-refractivity contribution in [3.8, 4) is 11.1 Å². The Balaban J connectivity index is 2.15. The second kappa shape index (κ2) is 4.37. The lowest BCUT2D eigenvalue weighted by atomic mass is 9.98. The number of carbonyl (C=O) groups is 1. The van der Waals surface area contributed by atoms with Crippen LogP contribution in [0.1, 0.15) is 31.1 Å². The molecule has 0 fully saturated rings. The molecular formula is C15H18N4O. The fraction of sp³-hybridized carbons (Fsp3) is 0.333. The van der Waals surface area contributed by atoms with Crippen LogP contribution in [0.3, 0.4) is 0 Å². The molecule has 1 aliphatic heterocycles. The van der Waals surface area contributed by atoms with E-state index in [0.717, 1.165) is 28.9 Å². The average Bonchev–Trinajstić information content (AvgIpc) is 2.91. The van der Waals surface area contributed by atoms with Gasteiger partial charge in [-0.25, -0.2) is 0 Å². The van der Waals surface area contributed by atoms with E-state index in [2.05, 4.69) is 33.4 Å². The standard InChI is InChI=1S/C15H18N4O/c1-4-19-13-7-10(11-8-16-17-9-11)5-6-12(13)14(20)18-15(19,2)3/h5-9H,4H2,1-3H3,(H,16,17)(H,18,20). The zero-order valence-corrected chi connectivity index (χ0v) is 11.9. The third-order valence-electron chi connectivity index (χ3n) is 3.78. The van der Waals surface area contributed by atoms with Crippen LogP contribution in [-0.4, -0.2) is 28.3 Å². The van der Waals surface area contributed by atoms with Crippen molar-refractivity contribution in [2.45, 2.75) is 26.4 Å². The maximum absolute atomic E-state index is 12.2. The van der Waals surface area contributed by atoms with Crippen LogP contribution in [0.2, 0.25) is 0 Å². The van der Waals surface area contributed by atoms with Gasteiger partial charge in [0.05, 0.1) is 17.4 Å². The summed E-state index contributed by atoms with van der Waals surface area (Å²) >= 11 is 0. The van der Waals surface area contributed by atoms with Crippen molar-refractivity contribution < 1.29 is 4.79 Å². The third-order valence-corrected chi connectivity index (χ3v) is 3.78. The molecule has 2 heterocycles. The lowest BCUT2D eigenvalue weighted by Crippen LogP contribution is -2.60. The smallest absolute Gasteiger partial charge is 0.255 e. The number of nitrogens with zero attached hydrogens (tertiary/aromatic N) is 2. The fourth-order valence-corrected chi connectivity index (χ4v) is 2.81. The zero-order valence-electron chi connectivity index (χ0n) is 11.9. The van der Waals surface area contributed by atoms with Gasteiger partial charge in [-0.2, -0.15) is 5.10 Å². The lowest BCUT2D eigenvalue weighted by molar-refractivity contribution is 0.0898. The number of nitrogens with one attached hydrogen (secondary N) is 2. The topological polar surface area (TPSA) is 61.0 Å². The first kappa shape index (κ1) is 12.7.